The number of nitrogens with two attached hydrogens (primary N) is 1. The summed E-state index contributed by atoms with van der Waals surface area (Å²) in [6, 6.07) is 16.9. The second-order valence-electron chi connectivity index (χ2n) is 12.7. The second-order valence-corrected chi connectivity index (χ2v) is 16.4. The fourth-order valence-corrected chi connectivity index (χ4v) is 8.07. The van der Waals surface area contributed by atoms with Crippen LogP contribution in [0.4, 0.5) is 13.2 Å². The molecule has 4 rings (SSSR count). The molecule has 0 saturated heterocycles. The maximum Gasteiger partial charge on any atom is 0.413 e. The summed E-state index contributed by atoms with van der Waals surface area (Å²) in [5.41, 5.74) is 4.57. The largest absolute Gasteiger partial charge is 0.413 e. The Balaban J connectivity index is 0.000000276. The van der Waals surface area contributed by atoms with Gasteiger partial charge in [-0.25, -0.2) is 0 Å². The Morgan fingerprint density at radius 3 is 1.98 bits per heavy atom. The monoisotopic (exact) mass is 912 g/mol. The van der Waals surface area contributed by atoms with Crippen molar-refractivity contribution in [3.63, 3.8) is 0 Å². The third kappa shape index (κ3) is 10.7. The van der Waals surface area contributed by atoms with Gasteiger partial charge in [-0.05, 0) is 89.0 Å². The van der Waals surface area contributed by atoms with Gasteiger partial charge in [-0.3, -0.25) is 15.0 Å². The normalized spacial score (nSPS) is 15.5. The third-order valence-corrected chi connectivity index (χ3v) is 11.0. The summed E-state index contributed by atoms with van der Waals surface area (Å²) in [4.78, 5) is 27.3. The van der Waals surface area contributed by atoms with Crippen LogP contribution in [0.25, 0.3) is 0 Å². The van der Waals surface area contributed by atoms with E-state index < -0.39 is 34.9 Å². The number of hydrogen-bond donors (Lipinski definition) is 3. The van der Waals surface area contributed by atoms with Crippen molar-refractivity contribution in [1.82, 2.24) is 10.2 Å². The average molecular weight is 916 g/mol. The maximum absolute atomic E-state index is 13.9. The number of alkyl halides is 3. The van der Waals surface area contributed by atoms with Crippen molar-refractivity contribution in [3.05, 3.63) is 89.4 Å². The zero-order chi connectivity index (χ0) is 38.1. The number of amides is 2. The van der Waals surface area contributed by atoms with Crippen LogP contribution in [0.15, 0.2) is 73.4 Å². The lowest BCUT2D eigenvalue weighted by Crippen LogP contribution is -2.58. The van der Waals surface area contributed by atoms with Crippen LogP contribution in [0.1, 0.15) is 80.8 Å². The molecule has 1 fully saturated rings. The Kier molecular flexibility index (Phi) is 15.0. The average Bonchev–Trinajstić information content (AvgIpc) is 3.75. The molecule has 15 heteroatoms. The zero-order valence-corrected chi connectivity index (χ0v) is 33.7. The van der Waals surface area contributed by atoms with Crippen molar-refractivity contribution >= 4 is 76.7 Å². The van der Waals surface area contributed by atoms with E-state index in [0.29, 0.717) is 22.2 Å². The minimum absolute atomic E-state index is 0.0585. The van der Waals surface area contributed by atoms with Gasteiger partial charge in [0.2, 0.25) is 5.91 Å². The fraction of sp³-hybridized carbons (Fsp3) is 0.417. The van der Waals surface area contributed by atoms with Crippen molar-refractivity contribution in [2.45, 2.75) is 82.1 Å². The van der Waals surface area contributed by atoms with Crippen molar-refractivity contribution in [2.24, 2.45) is 11.7 Å². The summed E-state index contributed by atoms with van der Waals surface area (Å²) in [6.07, 6.45) is -3.37. The van der Waals surface area contributed by atoms with Crippen molar-refractivity contribution in [2.75, 3.05) is 6.54 Å². The molecule has 1 aliphatic rings. The first-order chi connectivity index (χ1) is 23.9. The lowest BCUT2D eigenvalue weighted by atomic mass is 9.73. The van der Waals surface area contributed by atoms with Crippen LogP contribution >= 0.6 is 59.1 Å². The van der Waals surface area contributed by atoms with Crippen molar-refractivity contribution in [3.8, 4) is 12.1 Å². The van der Waals surface area contributed by atoms with Gasteiger partial charge in [0.25, 0.3) is 5.91 Å². The molecule has 8 nitrogen and oxygen atoms in total. The van der Waals surface area contributed by atoms with Gasteiger partial charge in [0, 0.05) is 29.6 Å². The molecule has 1 aliphatic carbocycles. The highest BCUT2D eigenvalue weighted by molar-refractivity contribution is 9.11. The van der Waals surface area contributed by atoms with E-state index in [1.165, 1.54) is 24.3 Å². The van der Waals surface area contributed by atoms with Gasteiger partial charge in [0.1, 0.15) is 17.6 Å². The first-order valence-corrected chi connectivity index (χ1v) is 19.3. The summed E-state index contributed by atoms with van der Waals surface area (Å²) in [5.74, 6) is -1.42. The summed E-state index contributed by atoms with van der Waals surface area (Å²) in [7, 11) is 0. The van der Waals surface area contributed by atoms with Gasteiger partial charge in [0.15, 0.2) is 6.04 Å². The van der Waals surface area contributed by atoms with Crippen LogP contribution in [-0.2, 0) is 9.59 Å². The van der Waals surface area contributed by atoms with Gasteiger partial charge in [-0.1, -0.05) is 83.3 Å². The van der Waals surface area contributed by atoms with E-state index in [1.807, 2.05) is 61.7 Å². The van der Waals surface area contributed by atoms with Crippen LogP contribution in [0, 0.1) is 34.0 Å². The molecule has 272 valence electrons. The van der Waals surface area contributed by atoms with Crippen LogP contribution in [0.2, 0.25) is 0 Å². The summed E-state index contributed by atoms with van der Waals surface area (Å²) in [6.45, 7) is 5.76. The Morgan fingerprint density at radius 2 is 1.57 bits per heavy atom. The molecule has 0 bridgehead atoms. The van der Waals surface area contributed by atoms with E-state index in [1.54, 1.807) is 18.3 Å². The van der Waals surface area contributed by atoms with Gasteiger partial charge in [-0.15, -0.1) is 11.3 Å². The van der Waals surface area contributed by atoms with E-state index >= 15 is 0 Å². The van der Waals surface area contributed by atoms with Crippen molar-refractivity contribution in [1.29, 1.82) is 15.9 Å². The minimum atomic E-state index is -4.76. The molecule has 0 spiro atoms. The molecule has 0 radical (unpaired) electrons. The van der Waals surface area contributed by atoms with Crippen LogP contribution < -0.4 is 11.1 Å². The highest BCUT2D eigenvalue weighted by atomic mass is 79.9. The predicted molar refractivity (Wildman–Crippen MR) is 203 cm³/mol. The molecule has 4 N–H and O–H groups in total. The first-order valence-electron chi connectivity index (χ1n) is 16.0. The Labute approximate surface area is 325 Å². The Hall–Kier alpha value is -3.08. The van der Waals surface area contributed by atoms with Crippen LogP contribution in [-0.4, -0.2) is 46.2 Å². The fourth-order valence-electron chi connectivity index (χ4n) is 5.87. The van der Waals surface area contributed by atoms with Crippen LogP contribution in [0.5, 0.6) is 0 Å². The summed E-state index contributed by atoms with van der Waals surface area (Å²) < 4.78 is 44.2. The third-order valence-electron chi connectivity index (χ3n) is 8.21. The zero-order valence-electron chi connectivity index (χ0n) is 28.2. The lowest BCUT2D eigenvalue weighted by Gasteiger charge is -2.37. The molecule has 1 aromatic heterocycles. The molecular formula is C36H38Br3F3N6O2S. The lowest BCUT2D eigenvalue weighted by molar-refractivity contribution is -0.194. The molecule has 3 aromatic rings. The molecular weight excluding hydrogens is 877 g/mol. The molecule has 0 unspecified atom stereocenters. The summed E-state index contributed by atoms with van der Waals surface area (Å²) in [5, 5.41) is 30.8. The Morgan fingerprint density at radius 1 is 1.02 bits per heavy atom. The van der Waals surface area contributed by atoms with Gasteiger partial charge in [-0.2, -0.15) is 23.7 Å². The van der Waals surface area contributed by atoms with E-state index in [4.69, 9.17) is 16.4 Å². The smallest absolute Gasteiger partial charge is 0.341 e. The topological polar surface area (TPSA) is 147 Å². The second kappa shape index (κ2) is 18.1. The number of nitrogens with one attached hydrogen (secondary N) is 2. The van der Waals surface area contributed by atoms with E-state index in [2.05, 4.69) is 53.1 Å². The number of benzene rings is 2. The van der Waals surface area contributed by atoms with Gasteiger partial charge < -0.3 is 16.0 Å². The van der Waals surface area contributed by atoms with Gasteiger partial charge in [0.05, 0.1) is 17.9 Å². The van der Waals surface area contributed by atoms with E-state index in [0.717, 1.165) is 19.4 Å². The highest BCUT2D eigenvalue weighted by Crippen LogP contribution is 2.50. The van der Waals surface area contributed by atoms with Crippen LogP contribution in [0.3, 0.4) is 0 Å². The number of carbonyl (C=O) groups is 2. The molecule has 3 atom stereocenters. The highest BCUT2D eigenvalue weighted by Gasteiger charge is 2.60. The SMILES string of the molecule is CC(C)C[C@](N)(C(=O)NCC#N)[C@H](c1ccc(Br)cc1)c1cc(Br)cs1.CCCC(=N)C(=O)N([C@@H](c1ccc(Br)cc1)C(F)(F)F)C1(C#N)CC1. The number of halogens is 6. The minimum Gasteiger partial charge on any atom is -0.341 e. The Bertz CT molecular complexity index is 1770. The number of nitrogens with zero attached hydrogens (tertiary/aromatic N) is 3. The summed E-state index contributed by atoms with van der Waals surface area (Å²) >= 11 is 11.7. The maximum atomic E-state index is 13.9. The molecule has 2 amide bonds. The predicted octanol–water partition coefficient (Wildman–Crippen LogP) is 9.55. The van der Waals surface area contributed by atoms with Gasteiger partial charge >= 0.3 is 6.18 Å². The molecule has 1 saturated carbocycles. The number of carbonyl (C=O) groups excluding carboxylic acids is 2. The standard InChI is InChI=1S/C19H21Br2N3OS.C17H17BrF3N3O/c1-12(2)10-19(23,18(25)24-8-7-22)17(16-9-15(21)11-26-16)13-3-5-14(20)6-4-13;1-2-3-13(23)15(25)24(16(10-22)8-9-16)14(17(19,20)21)11-4-6-12(18)7-5-11/h3-6,9,11-12,17H,8,10,23H2,1-2H3,(H,24,25);4-7,14,23H,2-3,8-9H2,1H3/t17-,19-;14-/m10/s1. The number of hydrogen-bond acceptors (Lipinski definition) is 7. The molecule has 0 aliphatic heterocycles. The number of nitriles is 2. The molecule has 1 heterocycles. The molecule has 2 aromatic carbocycles. The quantitative estimate of drug-likeness (QED) is 0.116. The molecule has 51 heavy (non-hydrogen) atoms. The first kappa shape index (κ1) is 42.3. The number of thiophene rings is 1. The van der Waals surface area contributed by atoms with E-state index in [-0.39, 0.29) is 49.1 Å². The van der Waals surface area contributed by atoms with E-state index in [9.17, 15) is 28.0 Å². The number of rotatable bonds is 13. The van der Waals surface area contributed by atoms with Crippen molar-refractivity contribution < 1.29 is 22.8 Å².